The summed E-state index contributed by atoms with van der Waals surface area (Å²) >= 11 is 1.48. The lowest BCUT2D eigenvalue weighted by atomic mass is 9.82. The Kier molecular flexibility index (Phi) is 7.03. The lowest BCUT2D eigenvalue weighted by molar-refractivity contribution is -0.125. The molecule has 3 rings (SSSR count). The topological polar surface area (TPSA) is 108 Å². The van der Waals surface area contributed by atoms with Gasteiger partial charge < -0.3 is 21.3 Å². The summed E-state index contributed by atoms with van der Waals surface area (Å²) in [6, 6.07) is -1.14. The number of nitrogens with two attached hydrogens (primary N) is 1. The van der Waals surface area contributed by atoms with Crippen molar-refractivity contribution in [1.82, 2.24) is 10.3 Å². The van der Waals surface area contributed by atoms with Crippen molar-refractivity contribution in [2.75, 3.05) is 0 Å². The number of thiazole rings is 1. The third kappa shape index (κ3) is 5.49. The Balaban J connectivity index is 1.60. The van der Waals surface area contributed by atoms with Crippen LogP contribution in [0.5, 0.6) is 0 Å². The SMILES string of the molecule is NC(Cc1cscn1)C(=O)N[C@@H](CC1CCCCC1)[C@@H](O)[C@@H](O)C1CC1. The monoisotopic (exact) mass is 381 g/mol. The maximum atomic E-state index is 12.6. The Labute approximate surface area is 159 Å². The summed E-state index contributed by atoms with van der Waals surface area (Å²) < 4.78 is 0. The van der Waals surface area contributed by atoms with Crippen molar-refractivity contribution in [1.29, 1.82) is 0 Å². The first-order valence-electron chi connectivity index (χ1n) is 9.83. The predicted octanol–water partition coefficient (Wildman–Crippen LogP) is 1.60. The molecule has 1 aromatic heterocycles. The van der Waals surface area contributed by atoms with Crippen LogP contribution in [-0.4, -0.2) is 45.4 Å². The minimum Gasteiger partial charge on any atom is -0.390 e. The highest BCUT2D eigenvalue weighted by molar-refractivity contribution is 7.07. The first kappa shape index (κ1) is 19.7. The second-order valence-corrected chi connectivity index (χ2v) is 8.68. The molecule has 2 fully saturated rings. The molecule has 146 valence electrons. The summed E-state index contributed by atoms with van der Waals surface area (Å²) in [7, 11) is 0. The number of hydrogen-bond acceptors (Lipinski definition) is 6. The molecule has 1 aromatic rings. The van der Waals surface area contributed by atoms with E-state index in [1.807, 2.05) is 5.38 Å². The lowest BCUT2D eigenvalue weighted by Crippen LogP contribution is -2.54. The van der Waals surface area contributed by atoms with Gasteiger partial charge in [-0.15, -0.1) is 11.3 Å². The molecule has 6 nitrogen and oxygen atoms in total. The van der Waals surface area contributed by atoms with E-state index in [4.69, 9.17) is 5.73 Å². The van der Waals surface area contributed by atoms with Gasteiger partial charge in [-0.25, -0.2) is 4.98 Å². The van der Waals surface area contributed by atoms with Gasteiger partial charge in [0.15, 0.2) is 0 Å². The molecule has 2 aliphatic rings. The molecule has 2 aliphatic carbocycles. The van der Waals surface area contributed by atoms with Crippen LogP contribution in [0.1, 0.15) is 57.1 Å². The molecule has 0 saturated heterocycles. The highest BCUT2D eigenvalue weighted by Gasteiger charge is 2.39. The van der Waals surface area contributed by atoms with Gasteiger partial charge in [0.1, 0.15) is 6.10 Å². The van der Waals surface area contributed by atoms with Crippen LogP contribution < -0.4 is 11.1 Å². The molecule has 4 atom stereocenters. The van der Waals surface area contributed by atoms with Gasteiger partial charge in [0, 0.05) is 11.8 Å². The molecule has 7 heteroatoms. The molecule has 0 aliphatic heterocycles. The molecule has 1 amide bonds. The number of rotatable bonds is 9. The molecule has 0 aromatic carbocycles. The van der Waals surface area contributed by atoms with Crippen LogP contribution in [0.3, 0.4) is 0 Å². The van der Waals surface area contributed by atoms with E-state index in [0.717, 1.165) is 31.4 Å². The summed E-state index contributed by atoms with van der Waals surface area (Å²) in [5.41, 5.74) is 8.58. The molecule has 1 heterocycles. The predicted molar refractivity (Wildman–Crippen MR) is 102 cm³/mol. The van der Waals surface area contributed by atoms with Gasteiger partial charge in [0.25, 0.3) is 0 Å². The van der Waals surface area contributed by atoms with Gasteiger partial charge in [-0.2, -0.15) is 0 Å². The molecular weight excluding hydrogens is 350 g/mol. The van der Waals surface area contributed by atoms with Gasteiger partial charge in [-0.05, 0) is 31.1 Å². The third-order valence-electron chi connectivity index (χ3n) is 5.76. The van der Waals surface area contributed by atoms with Gasteiger partial charge in [-0.1, -0.05) is 32.1 Å². The number of aromatic nitrogens is 1. The van der Waals surface area contributed by atoms with Crippen molar-refractivity contribution in [3.8, 4) is 0 Å². The van der Waals surface area contributed by atoms with E-state index < -0.39 is 24.3 Å². The largest absolute Gasteiger partial charge is 0.390 e. The van der Waals surface area contributed by atoms with Crippen molar-refractivity contribution in [2.24, 2.45) is 17.6 Å². The number of nitrogens with one attached hydrogen (secondary N) is 1. The summed E-state index contributed by atoms with van der Waals surface area (Å²) in [5.74, 6) is 0.380. The Morgan fingerprint density at radius 2 is 2.00 bits per heavy atom. The van der Waals surface area contributed by atoms with Crippen molar-refractivity contribution in [2.45, 2.75) is 82.1 Å². The second kappa shape index (κ2) is 9.26. The molecule has 26 heavy (non-hydrogen) atoms. The number of nitrogens with zero attached hydrogens (tertiary/aromatic N) is 1. The molecule has 2 saturated carbocycles. The molecular formula is C19H31N3O3S. The van der Waals surface area contributed by atoms with Crippen molar-refractivity contribution < 1.29 is 15.0 Å². The van der Waals surface area contributed by atoms with Crippen molar-refractivity contribution in [3.63, 3.8) is 0 Å². The van der Waals surface area contributed by atoms with Crippen LogP contribution in [0.4, 0.5) is 0 Å². The zero-order valence-electron chi connectivity index (χ0n) is 15.2. The van der Waals surface area contributed by atoms with E-state index in [1.165, 1.54) is 30.6 Å². The van der Waals surface area contributed by atoms with Crippen LogP contribution in [-0.2, 0) is 11.2 Å². The molecule has 1 unspecified atom stereocenters. The normalized spacial score (nSPS) is 23.2. The molecule has 5 N–H and O–H groups in total. The fourth-order valence-corrected chi connectivity index (χ4v) is 4.54. The maximum Gasteiger partial charge on any atom is 0.237 e. The van der Waals surface area contributed by atoms with Crippen molar-refractivity contribution in [3.05, 3.63) is 16.6 Å². The zero-order valence-corrected chi connectivity index (χ0v) is 16.0. The summed E-state index contributed by atoms with van der Waals surface area (Å²) in [6.45, 7) is 0. The van der Waals surface area contributed by atoms with Crippen LogP contribution in [0, 0.1) is 11.8 Å². The van der Waals surface area contributed by atoms with E-state index in [1.54, 1.807) is 5.51 Å². The summed E-state index contributed by atoms with van der Waals surface area (Å²) in [6.07, 6.45) is 7.22. The zero-order chi connectivity index (χ0) is 18.5. The van der Waals surface area contributed by atoms with Crippen molar-refractivity contribution >= 4 is 17.2 Å². The van der Waals surface area contributed by atoms with E-state index in [0.29, 0.717) is 18.8 Å². The Bertz CT molecular complexity index is 558. The molecule has 0 radical (unpaired) electrons. The molecule has 0 spiro atoms. The number of hydrogen-bond donors (Lipinski definition) is 4. The maximum absolute atomic E-state index is 12.6. The number of aliphatic hydroxyl groups is 2. The van der Waals surface area contributed by atoms with Crippen LogP contribution in [0.15, 0.2) is 10.9 Å². The Hall–Kier alpha value is -1.02. The van der Waals surface area contributed by atoms with Gasteiger partial charge >= 0.3 is 0 Å². The summed E-state index contributed by atoms with van der Waals surface area (Å²) in [4.78, 5) is 16.8. The van der Waals surface area contributed by atoms with E-state index >= 15 is 0 Å². The Morgan fingerprint density at radius 1 is 1.27 bits per heavy atom. The van der Waals surface area contributed by atoms with Crippen LogP contribution in [0.25, 0.3) is 0 Å². The summed E-state index contributed by atoms with van der Waals surface area (Å²) in [5, 5.41) is 25.9. The standard InChI is InChI=1S/C19H31N3O3S/c20-15(9-14-10-26-11-21-14)19(25)22-16(8-12-4-2-1-3-5-12)18(24)17(23)13-6-7-13/h10-13,15-18,23-24H,1-9,20H2,(H,22,25)/t15?,16-,17-,18+/m0/s1. The number of carbonyl (C=O) groups is 1. The quantitative estimate of drug-likeness (QED) is 0.520. The van der Waals surface area contributed by atoms with Gasteiger partial charge in [0.05, 0.1) is 29.4 Å². The third-order valence-corrected chi connectivity index (χ3v) is 6.39. The number of amides is 1. The minimum atomic E-state index is -0.931. The lowest BCUT2D eigenvalue weighted by Gasteiger charge is -2.33. The van der Waals surface area contributed by atoms with Gasteiger partial charge in [-0.3, -0.25) is 4.79 Å². The van der Waals surface area contributed by atoms with E-state index in [-0.39, 0.29) is 11.8 Å². The number of aliphatic hydroxyl groups excluding tert-OH is 2. The second-order valence-electron chi connectivity index (χ2n) is 7.96. The van der Waals surface area contributed by atoms with Gasteiger partial charge in [0.2, 0.25) is 5.91 Å². The smallest absolute Gasteiger partial charge is 0.237 e. The highest BCUT2D eigenvalue weighted by Crippen LogP contribution is 2.36. The van der Waals surface area contributed by atoms with E-state index in [9.17, 15) is 15.0 Å². The van der Waals surface area contributed by atoms with E-state index in [2.05, 4.69) is 10.3 Å². The minimum absolute atomic E-state index is 0.166. The fourth-order valence-electron chi connectivity index (χ4n) is 3.97. The molecule has 0 bridgehead atoms. The average molecular weight is 382 g/mol. The fraction of sp³-hybridized carbons (Fsp3) is 0.789. The Morgan fingerprint density at radius 3 is 2.62 bits per heavy atom. The van der Waals surface area contributed by atoms with Crippen LogP contribution >= 0.6 is 11.3 Å². The van der Waals surface area contributed by atoms with Crippen LogP contribution in [0.2, 0.25) is 0 Å². The average Bonchev–Trinajstić information content (AvgIpc) is 3.38. The number of carbonyl (C=O) groups excluding carboxylic acids is 1. The first-order chi connectivity index (χ1) is 12.5. The first-order valence-corrected chi connectivity index (χ1v) is 10.8. The highest BCUT2D eigenvalue weighted by atomic mass is 32.1.